The fourth-order valence-corrected chi connectivity index (χ4v) is 3.01. The second-order valence-corrected chi connectivity index (χ2v) is 6.34. The maximum atomic E-state index is 12.3. The number of hydrogen-bond acceptors (Lipinski definition) is 8. The topological polar surface area (TPSA) is 162 Å². The van der Waals surface area contributed by atoms with E-state index < -0.39 is 36.1 Å². The Morgan fingerprint density at radius 1 is 1.04 bits per heavy atom. The summed E-state index contributed by atoms with van der Waals surface area (Å²) in [5.41, 5.74) is -1.81. The second-order valence-electron chi connectivity index (χ2n) is 4.66. The molecule has 0 aliphatic rings. The molecule has 11 nitrogen and oxygen atoms in total. The summed E-state index contributed by atoms with van der Waals surface area (Å²) in [4.78, 5) is 19.1. The SMILES string of the molecule is COc1ccc(NS(=O)(=O)c2ccc([N+](=O)[O-])c([N+](=O)[O-])c2)cc1O. The van der Waals surface area contributed by atoms with Gasteiger partial charge in [-0.1, -0.05) is 0 Å². The Labute approximate surface area is 140 Å². The second kappa shape index (κ2) is 6.60. The van der Waals surface area contributed by atoms with E-state index in [-0.39, 0.29) is 17.2 Å². The van der Waals surface area contributed by atoms with Gasteiger partial charge in [0, 0.05) is 18.2 Å². The van der Waals surface area contributed by atoms with E-state index in [0.29, 0.717) is 6.07 Å². The number of aromatic hydroxyl groups is 1. The summed E-state index contributed by atoms with van der Waals surface area (Å²) in [7, 11) is -2.96. The van der Waals surface area contributed by atoms with E-state index in [4.69, 9.17) is 4.74 Å². The molecule has 0 fully saturated rings. The minimum absolute atomic E-state index is 0.0284. The minimum Gasteiger partial charge on any atom is -0.504 e. The van der Waals surface area contributed by atoms with E-state index in [1.165, 1.54) is 19.2 Å². The van der Waals surface area contributed by atoms with Gasteiger partial charge in [-0.25, -0.2) is 8.42 Å². The number of rotatable bonds is 6. The number of hydrogen-bond donors (Lipinski definition) is 2. The van der Waals surface area contributed by atoms with Gasteiger partial charge in [0.05, 0.1) is 27.5 Å². The van der Waals surface area contributed by atoms with Crippen LogP contribution in [0.25, 0.3) is 0 Å². The van der Waals surface area contributed by atoms with Gasteiger partial charge in [-0.15, -0.1) is 0 Å². The van der Waals surface area contributed by atoms with Crippen molar-refractivity contribution in [1.29, 1.82) is 0 Å². The maximum absolute atomic E-state index is 12.3. The number of ether oxygens (including phenoxy) is 1. The summed E-state index contributed by atoms with van der Waals surface area (Å²) in [6.45, 7) is 0. The fraction of sp³-hybridized carbons (Fsp3) is 0.0769. The van der Waals surface area contributed by atoms with E-state index >= 15 is 0 Å². The zero-order valence-electron chi connectivity index (χ0n) is 12.6. The molecule has 0 bridgehead atoms. The van der Waals surface area contributed by atoms with Gasteiger partial charge in [0.25, 0.3) is 10.0 Å². The Hall–Kier alpha value is -3.41. The average molecular weight is 369 g/mol. The predicted molar refractivity (Wildman–Crippen MR) is 85.2 cm³/mol. The van der Waals surface area contributed by atoms with Crippen molar-refractivity contribution >= 4 is 27.1 Å². The van der Waals surface area contributed by atoms with Crippen LogP contribution in [0.15, 0.2) is 41.3 Å². The van der Waals surface area contributed by atoms with Crippen LogP contribution >= 0.6 is 0 Å². The van der Waals surface area contributed by atoms with Crippen molar-refractivity contribution in [3.8, 4) is 11.5 Å². The Balaban J connectivity index is 2.43. The van der Waals surface area contributed by atoms with Crippen molar-refractivity contribution in [1.82, 2.24) is 0 Å². The Morgan fingerprint density at radius 2 is 1.68 bits per heavy atom. The lowest BCUT2D eigenvalue weighted by Gasteiger charge is -2.10. The van der Waals surface area contributed by atoms with Gasteiger partial charge in [-0.3, -0.25) is 25.0 Å². The van der Waals surface area contributed by atoms with Crippen molar-refractivity contribution in [3.63, 3.8) is 0 Å². The van der Waals surface area contributed by atoms with Crippen LogP contribution < -0.4 is 9.46 Å². The third-order valence-corrected chi connectivity index (χ3v) is 4.46. The van der Waals surface area contributed by atoms with E-state index in [9.17, 15) is 33.8 Å². The van der Waals surface area contributed by atoms with Gasteiger partial charge in [-0.2, -0.15) is 0 Å². The van der Waals surface area contributed by atoms with Crippen LogP contribution in [-0.2, 0) is 10.0 Å². The average Bonchev–Trinajstić information content (AvgIpc) is 2.54. The molecule has 132 valence electrons. The van der Waals surface area contributed by atoms with Crippen molar-refractivity contribution in [2.75, 3.05) is 11.8 Å². The number of nitro groups is 2. The van der Waals surface area contributed by atoms with Crippen LogP contribution in [0.2, 0.25) is 0 Å². The first kappa shape index (κ1) is 17.9. The van der Waals surface area contributed by atoms with Crippen molar-refractivity contribution in [3.05, 3.63) is 56.6 Å². The molecular weight excluding hydrogens is 358 g/mol. The highest BCUT2D eigenvalue weighted by atomic mass is 32.2. The number of sulfonamides is 1. The standard InChI is InChI=1S/C13H11N3O8S/c1-24-13-5-2-8(6-12(13)17)14-25(22,23)9-3-4-10(15(18)19)11(7-9)16(20)21/h2-7,14,17H,1H3. The molecule has 2 N–H and O–H groups in total. The highest BCUT2D eigenvalue weighted by Gasteiger charge is 2.27. The van der Waals surface area contributed by atoms with Crippen LogP contribution in [0.4, 0.5) is 17.1 Å². The molecule has 0 unspecified atom stereocenters. The molecule has 2 aromatic rings. The summed E-state index contributed by atoms with van der Waals surface area (Å²) in [6, 6.07) is 5.89. The molecule has 2 aromatic carbocycles. The zero-order chi connectivity index (χ0) is 18.8. The summed E-state index contributed by atoms with van der Waals surface area (Å²) in [5.74, 6) is -0.202. The molecule has 2 rings (SSSR count). The number of nitrogens with one attached hydrogen (secondary N) is 1. The molecule has 0 amide bonds. The van der Waals surface area contributed by atoms with Crippen LogP contribution in [0.1, 0.15) is 0 Å². The summed E-state index contributed by atoms with van der Waals surface area (Å²) >= 11 is 0. The molecule has 0 radical (unpaired) electrons. The first-order valence-corrected chi connectivity index (χ1v) is 7.96. The van der Waals surface area contributed by atoms with E-state index in [1.807, 2.05) is 0 Å². The molecule has 0 atom stereocenters. The van der Waals surface area contributed by atoms with Crippen molar-refractivity contribution in [2.24, 2.45) is 0 Å². The number of nitrogens with zero attached hydrogens (tertiary/aromatic N) is 2. The smallest absolute Gasteiger partial charge is 0.347 e. The Morgan fingerprint density at radius 3 is 2.20 bits per heavy atom. The largest absolute Gasteiger partial charge is 0.504 e. The van der Waals surface area contributed by atoms with Gasteiger partial charge in [0.1, 0.15) is 0 Å². The predicted octanol–water partition coefficient (Wildman–Crippen LogP) is 2.02. The molecule has 0 saturated carbocycles. The summed E-state index contributed by atoms with van der Waals surface area (Å²) in [5, 5.41) is 31.3. The number of phenols is 1. The fourth-order valence-electron chi connectivity index (χ4n) is 1.94. The highest BCUT2D eigenvalue weighted by molar-refractivity contribution is 7.92. The van der Waals surface area contributed by atoms with E-state index in [0.717, 1.165) is 18.2 Å². The third-order valence-electron chi connectivity index (χ3n) is 3.08. The normalized spacial score (nSPS) is 10.9. The summed E-state index contributed by atoms with van der Waals surface area (Å²) < 4.78 is 31.5. The van der Waals surface area contributed by atoms with Gasteiger partial charge in [-0.05, 0) is 18.2 Å². The molecule has 0 saturated heterocycles. The van der Waals surface area contributed by atoms with E-state index in [2.05, 4.69) is 4.72 Å². The van der Waals surface area contributed by atoms with E-state index in [1.54, 1.807) is 0 Å². The molecule has 0 aliphatic carbocycles. The van der Waals surface area contributed by atoms with Gasteiger partial charge in [0.2, 0.25) is 0 Å². The number of anilines is 1. The maximum Gasteiger partial charge on any atom is 0.347 e. The van der Waals surface area contributed by atoms with Gasteiger partial charge >= 0.3 is 11.4 Å². The van der Waals surface area contributed by atoms with Crippen LogP contribution in [0, 0.1) is 20.2 Å². The minimum atomic E-state index is -4.28. The van der Waals surface area contributed by atoms with Gasteiger partial charge < -0.3 is 9.84 Å². The Kier molecular flexibility index (Phi) is 4.74. The number of methoxy groups -OCH3 is 1. The number of phenolic OH excluding ortho intramolecular Hbond substituents is 1. The lowest BCUT2D eigenvalue weighted by atomic mass is 10.3. The van der Waals surface area contributed by atoms with Crippen molar-refractivity contribution in [2.45, 2.75) is 4.90 Å². The zero-order valence-corrected chi connectivity index (χ0v) is 13.4. The number of benzene rings is 2. The highest BCUT2D eigenvalue weighted by Crippen LogP contribution is 2.32. The number of nitro benzene ring substituents is 2. The first-order chi connectivity index (χ1) is 11.7. The summed E-state index contributed by atoms with van der Waals surface area (Å²) in [6.07, 6.45) is 0. The third kappa shape index (κ3) is 3.74. The first-order valence-electron chi connectivity index (χ1n) is 6.48. The quantitative estimate of drug-likeness (QED) is 0.577. The van der Waals surface area contributed by atoms with Crippen molar-refractivity contribution < 1.29 is 28.1 Å². The molecule has 0 spiro atoms. The molecule has 0 aromatic heterocycles. The monoisotopic (exact) mass is 369 g/mol. The van der Waals surface area contributed by atoms with Gasteiger partial charge in [0.15, 0.2) is 11.5 Å². The molecule has 0 aliphatic heterocycles. The lowest BCUT2D eigenvalue weighted by Crippen LogP contribution is -2.13. The van der Waals surface area contributed by atoms with Crippen LogP contribution in [-0.4, -0.2) is 30.5 Å². The Bertz CT molecular complexity index is 958. The molecule has 12 heteroatoms. The van der Waals surface area contributed by atoms with Crippen LogP contribution in [0.5, 0.6) is 11.5 Å². The van der Waals surface area contributed by atoms with Crippen LogP contribution in [0.3, 0.4) is 0 Å². The molecule has 0 heterocycles. The lowest BCUT2D eigenvalue weighted by molar-refractivity contribution is -0.422. The molecule has 25 heavy (non-hydrogen) atoms. The molecular formula is C13H11N3O8S.